The zero-order chi connectivity index (χ0) is 17.6. The fraction of sp³-hybridized carbons (Fsp3) is 0.273. The predicted octanol–water partition coefficient (Wildman–Crippen LogP) is 4.80. The highest BCUT2D eigenvalue weighted by Crippen LogP contribution is 2.19. The highest BCUT2D eigenvalue weighted by molar-refractivity contribution is 5.83. The number of nitrogens with zero attached hydrogens (tertiary/aromatic N) is 1. The molecule has 130 valence electrons. The Morgan fingerprint density at radius 2 is 2.00 bits per heavy atom. The summed E-state index contributed by atoms with van der Waals surface area (Å²) in [5.74, 6) is 0.907. The first-order valence-corrected chi connectivity index (χ1v) is 8.70. The predicted molar refractivity (Wildman–Crippen MR) is 105 cm³/mol. The normalized spacial score (nSPS) is 11.2. The molecule has 1 aromatic heterocycles. The summed E-state index contributed by atoms with van der Waals surface area (Å²) in [5.41, 5.74) is 5.02. The summed E-state index contributed by atoms with van der Waals surface area (Å²) in [5, 5.41) is 1.32. The van der Waals surface area contributed by atoms with Gasteiger partial charge in [0.2, 0.25) is 0 Å². The first kappa shape index (κ1) is 17.3. The van der Waals surface area contributed by atoms with Gasteiger partial charge in [-0.05, 0) is 42.7 Å². The maximum absolute atomic E-state index is 5.34. The van der Waals surface area contributed by atoms with Gasteiger partial charge >= 0.3 is 0 Å². The number of fused-ring (bicyclic) bond motifs is 1. The van der Waals surface area contributed by atoms with Crippen molar-refractivity contribution in [1.82, 2.24) is 9.88 Å². The minimum atomic E-state index is 0.895. The molecule has 0 spiro atoms. The van der Waals surface area contributed by atoms with Gasteiger partial charge in [-0.15, -0.1) is 0 Å². The zero-order valence-corrected chi connectivity index (χ0v) is 15.1. The number of methoxy groups -OCH3 is 1. The Balaban J connectivity index is 1.71. The van der Waals surface area contributed by atoms with E-state index in [1.165, 1.54) is 27.6 Å². The maximum atomic E-state index is 5.34. The summed E-state index contributed by atoms with van der Waals surface area (Å²) in [6.07, 6.45) is 3.15. The van der Waals surface area contributed by atoms with E-state index >= 15 is 0 Å². The van der Waals surface area contributed by atoms with Crippen molar-refractivity contribution in [3.05, 3.63) is 78.0 Å². The smallest absolute Gasteiger partial charge is 0.119 e. The van der Waals surface area contributed by atoms with Crippen molar-refractivity contribution in [2.24, 2.45) is 0 Å². The summed E-state index contributed by atoms with van der Waals surface area (Å²) in [6, 6.07) is 16.8. The van der Waals surface area contributed by atoms with Crippen LogP contribution in [0.15, 0.2) is 66.9 Å². The van der Waals surface area contributed by atoms with Gasteiger partial charge < -0.3 is 9.72 Å². The Kier molecular flexibility index (Phi) is 5.56. The first-order valence-electron chi connectivity index (χ1n) is 8.70. The molecule has 0 radical (unpaired) electrons. The molecule has 3 heteroatoms. The first-order chi connectivity index (χ1) is 12.2. The van der Waals surface area contributed by atoms with E-state index in [1.807, 2.05) is 12.1 Å². The summed E-state index contributed by atoms with van der Waals surface area (Å²) in [7, 11) is 1.71. The summed E-state index contributed by atoms with van der Waals surface area (Å²) < 4.78 is 5.34. The molecule has 3 rings (SSSR count). The number of benzene rings is 2. The lowest BCUT2D eigenvalue weighted by Crippen LogP contribution is -2.27. The van der Waals surface area contributed by atoms with Gasteiger partial charge in [0.1, 0.15) is 5.75 Å². The van der Waals surface area contributed by atoms with E-state index in [9.17, 15) is 0 Å². The molecule has 0 aliphatic heterocycles. The number of hydrogen-bond acceptors (Lipinski definition) is 2. The van der Waals surface area contributed by atoms with E-state index in [1.54, 1.807) is 7.11 Å². The third kappa shape index (κ3) is 4.52. The molecule has 2 aromatic carbocycles. The quantitative estimate of drug-likeness (QED) is 0.600. The molecule has 0 unspecified atom stereocenters. The number of hydrogen-bond donors (Lipinski definition) is 1. The molecular formula is C22H26N2O. The molecular weight excluding hydrogens is 308 g/mol. The number of rotatable bonds is 8. The van der Waals surface area contributed by atoms with Crippen LogP contribution in [0, 0.1) is 0 Å². The Labute approximate surface area is 149 Å². The SMILES string of the molecule is C=C(C)CN(CCc1c[nH]c2ccccc12)Cc1cccc(OC)c1. The van der Waals surface area contributed by atoms with Crippen LogP contribution in [0.5, 0.6) is 5.75 Å². The third-order valence-electron chi connectivity index (χ3n) is 4.41. The Morgan fingerprint density at radius 3 is 2.80 bits per heavy atom. The van der Waals surface area contributed by atoms with E-state index in [0.717, 1.165) is 31.8 Å². The molecule has 3 aromatic rings. The van der Waals surface area contributed by atoms with Gasteiger partial charge in [-0.25, -0.2) is 0 Å². The van der Waals surface area contributed by atoms with Gasteiger partial charge in [0.25, 0.3) is 0 Å². The Morgan fingerprint density at radius 1 is 1.16 bits per heavy atom. The van der Waals surface area contributed by atoms with Crippen LogP contribution in [0.2, 0.25) is 0 Å². The molecule has 0 amide bonds. The van der Waals surface area contributed by atoms with E-state index in [2.05, 4.69) is 66.0 Å². The van der Waals surface area contributed by atoms with Crippen LogP contribution in [-0.4, -0.2) is 30.1 Å². The van der Waals surface area contributed by atoms with Crippen molar-refractivity contribution in [2.45, 2.75) is 19.9 Å². The van der Waals surface area contributed by atoms with E-state index in [-0.39, 0.29) is 0 Å². The molecule has 0 saturated carbocycles. The number of nitrogens with one attached hydrogen (secondary N) is 1. The molecule has 1 heterocycles. The molecule has 0 saturated heterocycles. The standard InChI is InChI=1S/C22H26N2O/c1-17(2)15-24(16-18-7-6-8-20(13-18)25-3)12-11-19-14-23-22-10-5-4-9-21(19)22/h4-10,13-14,23H,1,11-12,15-16H2,2-3H3. The minimum Gasteiger partial charge on any atom is -0.497 e. The van der Waals surface area contributed by atoms with Crippen molar-refractivity contribution >= 4 is 10.9 Å². The minimum absolute atomic E-state index is 0.895. The third-order valence-corrected chi connectivity index (χ3v) is 4.41. The fourth-order valence-electron chi connectivity index (χ4n) is 3.24. The van der Waals surface area contributed by atoms with Crippen LogP contribution >= 0.6 is 0 Å². The molecule has 0 aliphatic carbocycles. The van der Waals surface area contributed by atoms with Crippen LogP contribution in [-0.2, 0) is 13.0 Å². The second-order valence-electron chi connectivity index (χ2n) is 6.63. The number of para-hydroxylation sites is 1. The number of aromatic nitrogens is 1. The van der Waals surface area contributed by atoms with Gasteiger partial charge in [-0.3, -0.25) is 4.90 Å². The summed E-state index contributed by atoms with van der Waals surface area (Å²) >= 11 is 0. The molecule has 0 fully saturated rings. The van der Waals surface area contributed by atoms with Gasteiger partial charge in [-0.2, -0.15) is 0 Å². The van der Waals surface area contributed by atoms with Crippen molar-refractivity contribution in [3.63, 3.8) is 0 Å². The van der Waals surface area contributed by atoms with Crippen molar-refractivity contribution in [2.75, 3.05) is 20.2 Å². The van der Waals surface area contributed by atoms with Crippen LogP contribution < -0.4 is 4.74 Å². The number of H-pyrrole nitrogens is 1. The van der Waals surface area contributed by atoms with E-state index in [4.69, 9.17) is 4.74 Å². The molecule has 25 heavy (non-hydrogen) atoms. The average molecular weight is 334 g/mol. The van der Waals surface area contributed by atoms with Crippen molar-refractivity contribution < 1.29 is 4.74 Å². The van der Waals surface area contributed by atoms with Gasteiger partial charge in [0.15, 0.2) is 0 Å². The fourth-order valence-corrected chi connectivity index (χ4v) is 3.24. The molecule has 0 aliphatic rings. The molecule has 1 N–H and O–H groups in total. The van der Waals surface area contributed by atoms with Crippen LogP contribution in [0.4, 0.5) is 0 Å². The molecule has 0 atom stereocenters. The highest BCUT2D eigenvalue weighted by Gasteiger charge is 2.10. The van der Waals surface area contributed by atoms with Gasteiger partial charge in [-0.1, -0.05) is 42.5 Å². The molecule has 0 bridgehead atoms. The Hall–Kier alpha value is -2.52. The average Bonchev–Trinajstić information content (AvgIpc) is 3.02. The summed E-state index contributed by atoms with van der Waals surface area (Å²) in [6.45, 7) is 8.97. The van der Waals surface area contributed by atoms with Crippen LogP contribution in [0.1, 0.15) is 18.1 Å². The second kappa shape index (κ2) is 8.04. The van der Waals surface area contributed by atoms with Crippen LogP contribution in [0.25, 0.3) is 10.9 Å². The summed E-state index contributed by atoms with van der Waals surface area (Å²) in [4.78, 5) is 5.81. The zero-order valence-electron chi connectivity index (χ0n) is 15.1. The highest BCUT2D eigenvalue weighted by atomic mass is 16.5. The second-order valence-corrected chi connectivity index (χ2v) is 6.63. The van der Waals surface area contributed by atoms with Crippen molar-refractivity contribution in [1.29, 1.82) is 0 Å². The lowest BCUT2D eigenvalue weighted by atomic mass is 10.1. The maximum Gasteiger partial charge on any atom is 0.119 e. The Bertz CT molecular complexity index is 850. The topological polar surface area (TPSA) is 28.3 Å². The number of ether oxygens (including phenoxy) is 1. The van der Waals surface area contributed by atoms with Crippen LogP contribution in [0.3, 0.4) is 0 Å². The number of aromatic amines is 1. The molecule has 3 nitrogen and oxygen atoms in total. The van der Waals surface area contributed by atoms with Gasteiger partial charge in [0.05, 0.1) is 7.11 Å². The lowest BCUT2D eigenvalue weighted by Gasteiger charge is -2.22. The van der Waals surface area contributed by atoms with E-state index < -0.39 is 0 Å². The largest absolute Gasteiger partial charge is 0.497 e. The monoisotopic (exact) mass is 334 g/mol. The van der Waals surface area contributed by atoms with E-state index in [0.29, 0.717) is 0 Å². The van der Waals surface area contributed by atoms with Gasteiger partial charge in [0, 0.05) is 36.7 Å². The van der Waals surface area contributed by atoms with Crippen molar-refractivity contribution in [3.8, 4) is 5.75 Å². The lowest BCUT2D eigenvalue weighted by molar-refractivity contribution is 0.291.